The molecule has 1 heterocycles. The molecule has 1 fully saturated rings. The monoisotopic (exact) mass is 379 g/mol. The summed E-state index contributed by atoms with van der Waals surface area (Å²) in [5.41, 5.74) is 4.64. The maximum Gasteiger partial charge on any atom is 0.209 e. The first-order chi connectivity index (χ1) is 13.2. The van der Waals surface area contributed by atoms with Crippen LogP contribution < -0.4 is 0 Å². The lowest BCUT2D eigenvalue weighted by atomic mass is 10.0. The molecule has 0 spiro atoms. The van der Waals surface area contributed by atoms with Gasteiger partial charge in [-0.25, -0.2) is 9.37 Å². The SMILES string of the molecule is CCCc1ccc(-c2nc(SCC3CC3)nnc2-c2ccc(F)cc2)cc1. The topological polar surface area (TPSA) is 38.7 Å². The van der Waals surface area contributed by atoms with Crippen molar-refractivity contribution in [3.8, 4) is 22.5 Å². The minimum Gasteiger partial charge on any atom is -0.219 e. The minimum absolute atomic E-state index is 0.262. The van der Waals surface area contributed by atoms with Crippen molar-refractivity contribution in [1.82, 2.24) is 15.2 Å². The highest BCUT2D eigenvalue weighted by atomic mass is 32.2. The molecule has 0 aliphatic heterocycles. The van der Waals surface area contributed by atoms with Crippen LogP contribution in [0.2, 0.25) is 0 Å². The normalized spacial score (nSPS) is 13.7. The van der Waals surface area contributed by atoms with Gasteiger partial charge in [-0.3, -0.25) is 0 Å². The number of benzene rings is 2. The number of aromatic nitrogens is 3. The van der Waals surface area contributed by atoms with Gasteiger partial charge in [0, 0.05) is 16.9 Å². The van der Waals surface area contributed by atoms with E-state index >= 15 is 0 Å². The van der Waals surface area contributed by atoms with Gasteiger partial charge in [0.1, 0.15) is 17.2 Å². The Bertz CT molecular complexity index is 906. The Balaban J connectivity index is 1.71. The molecular formula is C22H22FN3S. The summed E-state index contributed by atoms with van der Waals surface area (Å²) >= 11 is 1.67. The van der Waals surface area contributed by atoms with Crippen molar-refractivity contribution in [2.24, 2.45) is 5.92 Å². The van der Waals surface area contributed by atoms with Crippen LogP contribution in [0.4, 0.5) is 4.39 Å². The molecular weight excluding hydrogens is 357 g/mol. The van der Waals surface area contributed by atoms with Crippen LogP contribution in [0, 0.1) is 11.7 Å². The molecule has 1 aliphatic carbocycles. The van der Waals surface area contributed by atoms with Crippen LogP contribution in [0.1, 0.15) is 31.7 Å². The molecule has 1 aliphatic rings. The van der Waals surface area contributed by atoms with E-state index in [9.17, 15) is 4.39 Å². The van der Waals surface area contributed by atoms with Gasteiger partial charge < -0.3 is 0 Å². The summed E-state index contributed by atoms with van der Waals surface area (Å²) < 4.78 is 13.3. The summed E-state index contributed by atoms with van der Waals surface area (Å²) in [6.07, 6.45) is 4.80. The molecule has 0 N–H and O–H groups in total. The fourth-order valence-corrected chi connectivity index (χ4v) is 3.94. The van der Waals surface area contributed by atoms with Crippen molar-refractivity contribution < 1.29 is 4.39 Å². The Morgan fingerprint density at radius 2 is 1.59 bits per heavy atom. The highest BCUT2D eigenvalue weighted by Crippen LogP contribution is 2.35. The predicted octanol–water partition coefficient (Wildman–Crippen LogP) is 5.80. The molecule has 0 bridgehead atoms. The molecule has 0 atom stereocenters. The third-order valence-electron chi connectivity index (χ3n) is 4.70. The first-order valence-corrected chi connectivity index (χ1v) is 10.4. The third kappa shape index (κ3) is 4.53. The smallest absolute Gasteiger partial charge is 0.209 e. The second-order valence-electron chi connectivity index (χ2n) is 7.00. The van der Waals surface area contributed by atoms with Crippen LogP contribution in [0.15, 0.2) is 53.7 Å². The van der Waals surface area contributed by atoms with Crippen LogP contribution in [0.25, 0.3) is 22.5 Å². The van der Waals surface area contributed by atoms with Gasteiger partial charge in [0.2, 0.25) is 5.16 Å². The standard InChI is InChI=1S/C22H22FN3S/c1-2-3-15-6-8-17(9-7-15)20-21(18-10-12-19(23)13-11-18)25-26-22(24-20)27-14-16-4-5-16/h6-13,16H,2-5,14H2,1H3. The Hall–Kier alpha value is -2.27. The van der Waals surface area contributed by atoms with Crippen LogP contribution in [-0.2, 0) is 6.42 Å². The zero-order valence-corrected chi connectivity index (χ0v) is 16.2. The highest BCUT2D eigenvalue weighted by molar-refractivity contribution is 7.99. The fourth-order valence-electron chi connectivity index (χ4n) is 2.97. The van der Waals surface area contributed by atoms with E-state index in [0.29, 0.717) is 10.9 Å². The summed E-state index contributed by atoms with van der Waals surface area (Å²) in [5.74, 6) is 1.58. The summed E-state index contributed by atoms with van der Waals surface area (Å²) in [6.45, 7) is 2.18. The first kappa shape index (κ1) is 18.1. The molecule has 5 heteroatoms. The zero-order chi connectivity index (χ0) is 18.6. The van der Waals surface area contributed by atoms with Gasteiger partial charge in [0.15, 0.2) is 0 Å². The van der Waals surface area contributed by atoms with Gasteiger partial charge in [0.25, 0.3) is 0 Å². The van der Waals surface area contributed by atoms with Crippen LogP contribution >= 0.6 is 11.8 Å². The molecule has 0 radical (unpaired) electrons. The van der Waals surface area contributed by atoms with E-state index < -0.39 is 0 Å². The largest absolute Gasteiger partial charge is 0.219 e. The molecule has 2 aromatic carbocycles. The quantitative estimate of drug-likeness (QED) is 0.486. The summed E-state index contributed by atoms with van der Waals surface area (Å²) in [4.78, 5) is 4.81. The molecule has 1 saturated carbocycles. The molecule has 138 valence electrons. The van der Waals surface area contributed by atoms with E-state index in [1.54, 1.807) is 23.9 Å². The highest BCUT2D eigenvalue weighted by Gasteiger charge is 2.22. The van der Waals surface area contributed by atoms with Crippen molar-refractivity contribution in [2.45, 2.75) is 37.8 Å². The molecule has 3 nitrogen and oxygen atoms in total. The second kappa shape index (κ2) is 8.17. The van der Waals surface area contributed by atoms with Gasteiger partial charge in [0.05, 0.1) is 0 Å². The Morgan fingerprint density at radius 3 is 2.26 bits per heavy atom. The molecule has 27 heavy (non-hydrogen) atoms. The van der Waals surface area contributed by atoms with Crippen molar-refractivity contribution >= 4 is 11.8 Å². The molecule has 1 aromatic heterocycles. The number of rotatable bonds is 7. The van der Waals surface area contributed by atoms with Crippen LogP contribution in [0.5, 0.6) is 0 Å². The molecule has 0 saturated heterocycles. The van der Waals surface area contributed by atoms with E-state index in [1.807, 2.05) is 0 Å². The Labute approximate surface area is 163 Å². The van der Waals surface area contributed by atoms with E-state index in [2.05, 4.69) is 41.4 Å². The number of halogens is 1. The maximum atomic E-state index is 13.3. The van der Waals surface area contributed by atoms with E-state index in [-0.39, 0.29) is 5.82 Å². The van der Waals surface area contributed by atoms with Crippen molar-refractivity contribution in [1.29, 1.82) is 0 Å². The van der Waals surface area contributed by atoms with Crippen molar-refractivity contribution in [3.63, 3.8) is 0 Å². The number of hydrogen-bond donors (Lipinski definition) is 0. The molecule has 3 aromatic rings. The molecule has 0 unspecified atom stereocenters. The van der Waals surface area contributed by atoms with Gasteiger partial charge >= 0.3 is 0 Å². The van der Waals surface area contributed by atoms with Crippen molar-refractivity contribution in [2.75, 3.05) is 5.75 Å². The first-order valence-electron chi connectivity index (χ1n) is 9.45. The third-order valence-corrected chi connectivity index (χ3v) is 5.77. The lowest BCUT2D eigenvalue weighted by Gasteiger charge is -2.10. The van der Waals surface area contributed by atoms with Gasteiger partial charge in [-0.2, -0.15) is 0 Å². The maximum absolute atomic E-state index is 13.3. The van der Waals surface area contributed by atoms with Gasteiger partial charge in [-0.15, -0.1) is 10.2 Å². The number of nitrogens with zero attached hydrogens (tertiary/aromatic N) is 3. The second-order valence-corrected chi connectivity index (χ2v) is 7.99. The van der Waals surface area contributed by atoms with E-state index in [0.717, 1.165) is 41.3 Å². The average Bonchev–Trinajstić information content (AvgIpc) is 3.52. The van der Waals surface area contributed by atoms with Gasteiger partial charge in [-0.05, 0) is 55.0 Å². The van der Waals surface area contributed by atoms with Crippen molar-refractivity contribution in [3.05, 3.63) is 59.9 Å². The van der Waals surface area contributed by atoms with Crippen LogP contribution in [-0.4, -0.2) is 20.9 Å². The summed E-state index contributed by atoms with van der Waals surface area (Å²) in [7, 11) is 0. The summed E-state index contributed by atoms with van der Waals surface area (Å²) in [6, 6.07) is 14.8. The summed E-state index contributed by atoms with van der Waals surface area (Å²) in [5, 5.41) is 9.48. The van der Waals surface area contributed by atoms with E-state index in [4.69, 9.17) is 4.98 Å². The lowest BCUT2D eigenvalue weighted by molar-refractivity contribution is 0.628. The lowest BCUT2D eigenvalue weighted by Crippen LogP contribution is -2.00. The van der Waals surface area contributed by atoms with E-state index in [1.165, 1.54) is 30.5 Å². The predicted molar refractivity (Wildman–Crippen MR) is 108 cm³/mol. The molecule has 4 rings (SSSR count). The Kier molecular flexibility index (Phi) is 5.48. The number of aryl methyl sites for hydroxylation is 1. The average molecular weight is 380 g/mol. The zero-order valence-electron chi connectivity index (χ0n) is 15.4. The minimum atomic E-state index is -0.262. The Morgan fingerprint density at radius 1 is 0.926 bits per heavy atom. The van der Waals surface area contributed by atoms with Crippen LogP contribution in [0.3, 0.4) is 0 Å². The fraction of sp³-hybridized carbons (Fsp3) is 0.318. The van der Waals surface area contributed by atoms with Gasteiger partial charge in [-0.1, -0.05) is 49.4 Å². The number of thioether (sulfide) groups is 1. The number of hydrogen-bond acceptors (Lipinski definition) is 4. The molecule has 0 amide bonds.